The van der Waals surface area contributed by atoms with Crippen LogP contribution in [0.25, 0.3) is 0 Å². The fraction of sp³-hybridized carbons (Fsp3) is 0.375. The van der Waals surface area contributed by atoms with Gasteiger partial charge in [-0.05, 0) is 54.4 Å². The number of likely N-dealkylation sites (N-methyl/N-ethyl adjacent to an activating group) is 1. The maximum atomic E-state index is 12.2. The van der Waals surface area contributed by atoms with E-state index in [0.717, 1.165) is 16.7 Å². The van der Waals surface area contributed by atoms with E-state index in [4.69, 9.17) is 14.7 Å². The van der Waals surface area contributed by atoms with Crippen LogP contribution in [0.15, 0.2) is 72.8 Å². The molecule has 0 saturated carbocycles. The van der Waals surface area contributed by atoms with Gasteiger partial charge < -0.3 is 35.0 Å². The Kier molecular flexibility index (Phi) is 11.6. The second-order valence-corrected chi connectivity index (χ2v) is 10.7. The first kappa shape index (κ1) is 32.1. The van der Waals surface area contributed by atoms with Crippen molar-refractivity contribution in [3.63, 3.8) is 0 Å². The molecule has 0 bridgehead atoms. The Morgan fingerprint density at radius 1 is 0.977 bits per heavy atom. The Balaban J connectivity index is 1.42. The SMILES string of the molecule is CN(C[C@H]1C[C@@H](c2ccc(CO)cc2)O[C@@H](c2ccc(NC(=O)CCCC(=O)NO)cc2)O1)C[C@@H](O)c1cccc(O)c1. The molecule has 230 valence electrons. The fourth-order valence-corrected chi connectivity index (χ4v) is 5.00. The molecule has 0 spiro atoms. The van der Waals surface area contributed by atoms with E-state index in [-0.39, 0.29) is 43.3 Å². The number of aromatic hydroxyl groups is 1. The molecule has 6 N–H and O–H groups in total. The van der Waals surface area contributed by atoms with Crippen LogP contribution in [0.3, 0.4) is 0 Å². The summed E-state index contributed by atoms with van der Waals surface area (Å²) in [6.45, 7) is 0.806. The number of hydroxylamine groups is 1. The zero-order valence-electron chi connectivity index (χ0n) is 24.1. The summed E-state index contributed by atoms with van der Waals surface area (Å²) in [5, 5.41) is 41.3. The normalized spacial score (nSPS) is 19.1. The van der Waals surface area contributed by atoms with Crippen LogP contribution in [0.4, 0.5) is 5.69 Å². The highest BCUT2D eigenvalue weighted by Gasteiger charge is 2.33. The van der Waals surface area contributed by atoms with E-state index in [0.29, 0.717) is 37.2 Å². The van der Waals surface area contributed by atoms with Crippen LogP contribution >= 0.6 is 0 Å². The first-order chi connectivity index (χ1) is 20.7. The zero-order chi connectivity index (χ0) is 30.8. The number of carbonyl (C=O) groups is 2. The largest absolute Gasteiger partial charge is 0.508 e. The van der Waals surface area contributed by atoms with Gasteiger partial charge >= 0.3 is 0 Å². The number of phenols is 1. The third kappa shape index (κ3) is 9.58. The van der Waals surface area contributed by atoms with Crippen molar-refractivity contribution in [3.05, 3.63) is 95.1 Å². The number of aliphatic hydroxyl groups excluding tert-OH is 2. The average molecular weight is 594 g/mol. The van der Waals surface area contributed by atoms with E-state index in [1.54, 1.807) is 41.9 Å². The van der Waals surface area contributed by atoms with Crippen molar-refractivity contribution in [1.82, 2.24) is 10.4 Å². The molecule has 1 saturated heterocycles. The highest BCUT2D eigenvalue weighted by Crippen LogP contribution is 2.38. The minimum absolute atomic E-state index is 0.0483. The lowest BCUT2D eigenvalue weighted by atomic mass is 9.99. The molecule has 4 rings (SSSR count). The topological polar surface area (TPSA) is 161 Å². The van der Waals surface area contributed by atoms with E-state index in [2.05, 4.69) is 5.32 Å². The van der Waals surface area contributed by atoms with Crippen LogP contribution in [0.1, 0.15) is 66.4 Å². The molecule has 0 unspecified atom stereocenters. The molecule has 1 aliphatic heterocycles. The molecule has 2 amide bonds. The average Bonchev–Trinajstić information content (AvgIpc) is 3.01. The molecular formula is C32H39N3O8. The maximum Gasteiger partial charge on any atom is 0.243 e. The lowest BCUT2D eigenvalue weighted by Gasteiger charge is -2.38. The van der Waals surface area contributed by atoms with Crippen molar-refractivity contribution in [2.45, 2.75) is 56.9 Å². The highest BCUT2D eigenvalue weighted by molar-refractivity contribution is 5.91. The first-order valence-corrected chi connectivity index (χ1v) is 14.2. The van der Waals surface area contributed by atoms with Gasteiger partial charge in [-0.1, -0.05) is 48.5 Å². The van der Waals surface area contributed by atoms with Crippen molar-refractivity contribution in [1.29, 1.82) is 0 Å². The Bertz CT molecular complexity index is 1340. The predicted molar refractivity (Wildman–Crippen MR) is 158 cm³/mol. The number of anilines is 1. The van der Waals surface area contributed by atoms with Crippen LogP contribution in [0.5, 0.6) is 5.75 Å². The van der Waals surface area contributed by atoms with Crippen molar-refractivity contribution in [2.24, 2.45) is 0 Å². The molecule has 0 aromatic heterocycles. The monoisotopic (exact) mass is 593 g/mol. The third-order valence-electron chi connectivity index (χ3n) is 7.27. The number of hydrogen-bond acceptors (Lipinski definition) is 9. The molecule has 11 nitrogen and oxygen atoms in total. The number of hydrogen-bond donors (Lipinski definition) is 6. The fourth-order valence-electron chi connectivity index (χ4n) is 5.00. The molecule has 43 heavy (non-hydrogen) atoms. The molecule has 1 fully saturated rings. The number of amides is 2. The van der Waals surface area contributed by atoms with Gasteiger partial charge in [-0.2, -0.15) is 0 Å². The number of carbonyl (C=O) groups excluding carboxylic acids is 2. The maximum absolute atomic E-state index is 12.2. The Labute approximate surface area is 250 Å². The van der Waals surface area contributed by atoms with Gasteiger partial charge in [0.1, 0.15) is 5.75 Å². The summed E-state index contributed by atoms with van der Waals surface area (Å²) in [5.74, 6) is -0.682. The molecule has 11 heteroatoms. The summed E-state index contributed by atoms with van der Waals surface area (Å²) in [5.41, 5.74) is 5.29. The van der Waals surface area contributed by atoms with Gasteiger partial charge in [0.15, 0.2) is 6.29 Å². The molecule has 1 heterocycles. The number of ether oxygens (including phenoxy) is 2. The molecule has 0 aliphatic carbocycles. The van der Waals surface area contributed by atoms with Crippen molar-refractivity contribution in [3.8, 4) is 5.75 Å². The van der Waals surface area contributed by atoms with Crippen LogP contribution < -0.4 is 10.8 Å². The van der Waals surface area contributed by atoms with E-state index in [9.17, 15) is 24.9 Å². The Morgan fingerprint density at radius 2 is 1.67 bits per heavy atom. The van der Waals surface area contributed by atoms with Gasteiger partial charge in [0.05, 0.1) is 24.9 Å². The van der Waals surface area contributed by atoms with Crippen LogP contribution in [-0.4, -0.2) is 63.5 Å². The minimum atomic E-state index is -0.788. The summed E-state index contributed by atoms with van der Waals surface area (Å²) in [6.07, 6.45) is -0.929. The predicted octanol–water partition coefficient (Wildman–Crippen LogP) is 3.71. The van der Waals surface area contributed by atoms with Gasteiger partial charge in [0.25, 0.3) is 0 Å². The highest BCUT2D eigenvalue weighted by atomic mass is 16.7. The molecule has 0 radical (unpaired) electrons. The molecule has 3 aromatic rings. The zero-order valence-corrected chi connectivity index (χ0v) is 24.1. The Morgan fingerprint density at radius 3 is 2.35 bits per heavy atom. The van der Waals surface area contributed by atoms with Gasteiger partial charge in [-0.3, -0.25) is 14.8 Å². The van der Waals surface area contributed by atoms with Gasteiger partial charge in [0.2, 0.25) is 11.8 Å². The van der Waals surface area contributed by atoms with Crippen LogP contribution in [0.2, 0.25) is 0 Å². The summed E-state index contributed by atoms with van der Waals surface area (Å²) < 4.78 is 12.8. The van der Waals surface area contributed by atoms with E-state index in [1.165, 1.54) is 0 Å². The van der Waals surface area contributed by atoms with E-state index >= 15 is 0 Å². The number of nitrogens with one attached hydrogen (secondary N) is 2. The van der Waals surface area contributed by atoms with Crippen molar-refractivity contribution >= 4 is 17.5 Å². The second-order valence-electron chi connectivity index (χ2n) is 10.7. The van der Waals surface area contributed by atoms with Gasteiger partial charge in [0, 0.05) is 43.6 Å². The number of nitrogens with zero attached hydrogens (tertiary/aromatic N) is 1. The van der Waals surface area contributed by atoms with Crippen molar-refractivity contribution in [2.75, 3.05) is 25.5 Å². The smallest absolute Gasteiger partial charge is 0.243 e. The van der Waals surface area contributed by atoms with Crippen LogP contribution in [0, 0.1) is 0 Å². The summed E-state index contributed by atoms with van der Waals surface area (Å²) in [7, 11) is 1.90. The number of phenolic OH excluding ortho intramolecular Hbond substituents is 1. The Hall–Kier alpha value is -3.84. The quantitative estimate of drug-likeness (QED) is 0.128. The minimum Gasteiger partial charge on any atom is -0.508 e. The van der Waals surface area contributed by atoms with Gasteiger partial charge in [-0.25, -0.2) is 5.48 Å². The lowest BCUT2D eigenvalue weighted by molar-refractivity contribution is -0.252. The molecule has 3 aromatic carbocycles. The lowest BCUT2D eigenvalue weighted by Crippen LogP contribution is -2.39. The van der Waals surface area contributed by atoms with E-state index < -0.39 is 18.3 Å². The molecule has 4 atom stereocenters. The summed E-state index contributed by atoms with van der Waals surface area (Å²) in [6, 6.07) is 21.3. The molecule has 1 aliphatic rings. The third-order valence-corrected chi connectivity index (χ3v) is 7.27. The molecular weight excluding hydrogens is 554 g/mol. The van der Waals surface area contributed by atoms with Crippen molar-refractivity contribution < 1.29 is 39.6 Å². The number of aliphatic hydroxyl groups is 2. The van der Waals surface area contributed by atoms with Gasteiger partial charge in [-0.15, -0.1) is 0 Å². The second kappa shape index (κ2) is 15.6. The number of benzene rings is 3. The first-order valence-electron chi connectivity index (χ1n) is 14.2. The van der Waals surface area contributed by atoms with E-state index in [1.807, 2.05) is 48.3 Å². The summed E-state index contributed by atoms with van der Waals surface area (Å²) in [4.78, 5) is 25.4. The van der Waals surface area contributed by atoms with Crippen LogP contribution in [-0.2, 0) is 25.7 Å². The number of rotatable bonds is 13. The standard InChI is InChI=1S/C32H39N3O8/c1-35(19-28(38)24-4-2-5-26(37)16-24)18-27-17-29(22-10-8-21(20-36)9-11-22)43-32(42-27)23-12-14-25(15-13-23)33-30(39)6-3-7-31(40)34-41/h2,4-5,8-16,27-29,32,36-38,41H,3,6-7,17-20H2,1H3,(H,33,39)(H,34,40)/t27-,28-,29+,32+/m1/s1. The summed E-state index contributed by atoms with van der Waals surface area (Å²) >= 11 is 0.